The zero-order valence-electron chi connectivity index (χ0n) is 12.0. The fraction of sp³-hybridized carbons (Fsp3) is 0.647. The van der Waals surface area contributed by atoms with E-state index < -0.39 is 0 Å². The molecule has 1 aliphatic carbocycles. The number of halogens is 1. The molecule has 19 heavy (non-hydrogen) atoms. The van der Waals surface area contributed by atoms with Crippen LogP contribution in [0.4, 0.5) is 0 Å². The quantitative estimate of drug-likeness (QED) is 0.639. The van der Waals surface area contributed by atoms with Gasteiger partial charge >= 0.3 is 0 Å². The summed E-state index contributed by atoms with van der Waals surface area (Å²) in [6.45, 7) is 3.44. The largest absolute Gasteiger partial charge is 0.314 e. The van der Waals surface area contributed by atoms with E-state index in [2.05, 4.69) is 30.4 Å². The highest BCUT2D eigenvalue weighted by molar-refractivity contribution is 6.30. The van der Waals surface area contributed by atoms with Crippen molar-refractivity contribution in [3.63, 3.8) is 0 Å². The zero-order valence-corrected chi connectivity index (χ0v) is 12.8. The Morgan fingerprint density at radius 3 is 2.84 bits per heavy atom. The van der Waals surface area contributed by atoms with Gasteiger partial charge in [-0.3, -0.25) is 0 Å². The predicted molar refractivity (Wildman–Crippen MR) is 83.8 cm³/mol. The first kappa shape index (κ1) is 14.9. The van der Waals surface area contributed by atoms with E-state index in [1.165, 1.54) is 50.6 Å². The average molecular weight is 280 g/mol. The van der Waals surface area contributed by atoms with Crippen molar-refractivity contribution in [2.45, 2.75) is 57.9 Å². The van der Waals surface area contributed by atoms with Crippen molar-refractivity contribution in [2.24, 2.45) is 5.92 Å². The van der Waals surface area contributed by atoms with Crippen molar-refractivity contribution >= 4 is 11.6 Å². The number of hydrogen-bond donors (Lipinski definition) is 1. The molecule has 1 aliphatic rings. The van der Waals surface area contributed by atoms with E-state index in [4.69, 9.17) is 11.6 Å². The molecule has 0 radical (unpaired) electrons. The van der Waals surface area contributed by atoms with Crippen LogP contribution in [0, 0.1) is 5.92 Å². The minimum Gasteiger partial charge on any atom is -0.314 e. The van der Waals surface area contributed by atoms with Gasteiger partial charge in [0.05, 0.1) is 0 Å². The number of hydrogen-bond acceptors (Lipinski definition) is 1. The molecular formula is C17H26ClN. The van der Waals surface area contributed by atoms with E-state index in [0.29, 0.717) is 0 Å². The van der Waals surface area contributed by atoms with Crippen molar-refractivity contribution in [1.82, 2.24) is 5.32 Å². The summed E-state index contributed by atoms with van der Waals surface area (Å²) in [5.74, 6) is 0.755. The molecule has 1 fully saturated rings. The topological polar surface area (TPSA) is 12.0 Å². The van der Waals surface area contributed by atoms with Crippen LogP contribution in [0.25, 0.3) is 0 Å². The summed E-state index contributed by atoms with van der Waals surface area (Å²) in [7, 11) is 0. The van der Waals surface area contributed by atoms with Crippen molar-refractivity contribution in [3.8, 4) is 0 Å². The smallest absolute Gasteiger partial charge is 0.0408 e. The average Bonchev–Trinajstić information content (AvgIpc) is 3.20. The normalized spacial score (nSPS) is 16.5. The predicted octanol–water partition coefficient (Wildman–Crippen LogP) is 4.83. The molecule has 0 heterocycles. The number of unbranched alkanes of at least 4 members (excludes halogenated alkanes) is 2. The first-order valence-corrected chi connectivity index (χ1v) is 8.13. The van der Waals surface area contributed by atoms with E-state index in [-0.39, 0.29) is 0 Å². The molecule has 0 bridgehead atoms. The van der Waals surface area contributed by atoms with Crippen molar-refractivity contribution < 1.29 is 0 Å². The van der Waals surface area contributed by atoms with Crippen molar-refractivity contribution in [2.75, 3.05) is 6.54 Å². The van der Waals surface area contributed by atoms with Gasteiger partial charge in [0.1, 0.15) is 0 Å². The monoisotopic (exact) mass is 279 g/mol. The maximum absolute atomic E-state index is 6.08. The van der Waals surface area contributed by atoms with E-state index in [9.17, 15) is 0 Å². The second kappa shape index (κ2) is 7.91. The highest BCUT2D eigenvalue weighted by atomic mass is 35.5. The molecule has 0 saturated heterocycles. The lowest BCUT2D eigenvalue weighted by atomic mass is 9.93. The summed E-state index contributed by atoms with van der Waals surface area (Å²) in [5.41, 5.74) is 1.38. The van der Waals surface area contributed by atoms with Gasteiger partial charge in [-0.1, -0.05) is 49.9 Å². The van der Waals surface area contributed by atoms with Gasteiger partial charge in [-0.15, -0.1) is 0 Å². The molecule has 1 aromatic rings. The molecule has 106 valence electrons. The zero-order chi connectivity index (χ0) is 13.5. The van der Waals surface area contributed by atoms with Crippen LogP contribution in [0.3, 0.4) is 0 Å². The van der Waals surface area contributed by atoms with Gasteiger partial charge in [-0.05, 0) is 55.8 Å². The Balaban J connectivity index is 1.83. The van der Waals surface area contributed by atoms with Crippen LogP contribution in [-0.2, 0) is 6.42 Å². The first-order valence-electron chi connectivity index (χ1n) is 7.75. The van der Waals surface area contributed by atoms with Crippen LogP contribution in [0.2, 0.25) is 5.02 Å². The van der Waals surface area contributed by atoms with E-state index in [1.54, 1.807) is 0 Å². The Morgan fingerprint density at radius 1 is 1.32 bits per heavy atom. The van der Waals surface area contributed by atoms with Crippen LogP contribution in [0.1, 0.15) is 51.0 Å². The molecule has 2 heteroatoms. The Kier molecular flexibility index (Phi) is 6.19. The lowest BCUT2D eigenvalue weighted by Gasteiger charge is -2.18. The van der Waals surface area contributed by atoms with E-state index in [1.807, 2.05) is 6.07 Å². The third kappa shape index (κ3) is 5.97. The van der Waals surface area contributed by atoms with Gasteiger partial charge in [0.15, 0.2) is 0 Å². The molecule has 1 aromatic carbocycles. The summed E-state index contributed by atoms with van der Waals surface area (Å²) in [5, 5.41) is 4.55. The Bertz CT molecular complexity index is 373. The molecule has 0 spiro atoms. The Labute approximate surface area is 122 Å². The maximum atomic E-state index is 6.08. The number of benzene rings is 1. The molecule has 1 N–H and O–H groups in total. The van der Waals surface area contributed by atoms with Crippen LogP contribution in [0.15, 0.2) is 24.3 Å². The highest BCUT2D eigenvalue weighted by Gasteiger charge is 2.21. The van der Waals surface area contributed by atoms with Crippen LogP contribution < -0.4 is 5.32 Å². The summed E-state index contributed by atoms with van der Waals surface area (Å²) >= 11 is 6.08. The molecule has 0 aromatic heterocycles. The molecule has 0 amide bonds. The van der Waals surface area contributed by atoms with Crippen LogP contribution in [0.5, 0.6) is 0 Å². The van der Waals surface area contributed by atoms with Gasteiger partial charge in [0.2, 0.25) is 0 Å². The molecule has 1 unspecified atom stereocenters. The van der Waals surface area contributed by atoms with Crippen molar-refractivity contribution in [1.29, 1.82) is 0 Å². The minimum absolute atomic E-state index is 0.755. The number of rotatable bonds is 9. The highest BCUT2D eigenvalue weighted by Crippen LogP contribution is 2.22. The second-order valence-electron chi connectivity index (χ2n) is 5.88. The summed E-state index contributed by atoms with van der Waals surface area (Å²) < 4.78 is 0. The van der Waals surface area contributed by atoms with E-state index >= 15 is 0 Å². The second-order valence-corrected chi connectivity index (χ2v) is 6.31. The third-order valence-electron chi connectivity index (χ3n) is 3.90. The lowest BCUT2D eigenvalue weighted by molar-refractivity contribution is 0.422. The van der Waals surface area contributed by atoms with Gasteiger partial charge in [-0.2, -0.15) is 0 Å². The van der Waals surface area contributed by atoms with Gasteiger partial charge in [0, 0.05) is 11.1 Å². The molecular weight excluding hydrogens is 254 g/mol. The van der Waals surface area contributed by atoms with Crippen LogP contribution in [-0.4, -0.2) is 12.6 Å². The SMILES string of the molecule is CCCCCC(CNC1CC1)Cc1cccc(Cl)c1. The van der Waals surface area contributed by atoms with Gasteiger partial charge in [-0.25, -0.2) is 0 Å². The fourth-order valence-corrected chi connectivity index (χ4v) is 2.79. The minimum atomic E-state index is 0.755. The lowest BCUT2D eigenvalue weighted by Crippen LogP contribution is -2.26. The third-order valence-corrected chi connectivity index (χ3v) is 4.14. The summed E-state index contributed by atoms with van der Waals surface area (Å²) in [6, 6.07) is 9.16. The molecule has 1 nitrogen and oxygen atoms in total. The molecule has 1 atom stereocenters. The molecule has 0 aliphatic heterocycles. The molecule has 1 saturated carbocycles. The maximum Gasteiger partial charge on any atom is 0.0408 e. The summed E-state index contributed by atoms with van der Waals surface area (Å²) in [6.07, 6.45) is 9.26. The number of nitrogens with one attached hydrogen (secondary N) is 1. The van der Waals surface area contributed by atoms with Gasteiger partial charge in [0.25, 0.3) is 0 Å². The van der Waals surface area contributed by atoms with E-state index in [0.717, 1.165) is 23.4 Å². The first-order chi connectivity index (χ1) is 9.28. The van der Waals surface area contributed by atoms with Crippen molar-refractivity contribution in [3.05, 3.63) is 34.9 Å². The van der Waals surface area contributed by atoms with Gasteiger partial charge < -0.3 is 5.32 Å². The molecule has 2 rings (SSSR count). The standard InChI is InChI=1S/C17H26ClN/c1-2-3-4-6-15(13-19-17-9-10-17)11-14-7-5-8-16(18)12-14/h5,7-8,12,15,17,19H,2-4,6,9-11,13H2,1H3. The Morgan fingerprint density at radius 2 is 2.16 bits per heavy atom. The Hall–Kier alpha value is -0.530. The fourth-order valence-electron chi connectivity index (χ4n) is 2.58. The van der Waals surface area contributed by atoms with Crippen LogP contribution >= 0.6 is 11.6 Å². The summed E-state index contributed by atoms with van der Waals surface area (Å²) in [4.78, 5) is 0.